The molecule has 0 atom stereocenters. The van der Waals surface area contributed by atoms with Crippen LogP contribution in [-0.4, -0.2) is 25.5 Å². The molecular formula is C19H16N2O3. The van der Waals surface area contributed by atoms with Gasteiger partial charge in [-0.2, -0.15) is 5.10 Å². The Morgan fingerprint density at radius 3 is 2.33 bits per heavy atom. The second kappa shape index (κ2) is 6.75. The molecule has 0 saturated carbocycles. The van der Waals surface area contributed by atoms with Crippen LogP contribution in [0.3, 0.4) is 0 Å². The molecule has 120 valence electrons. The van der Waals surface area contributed by atoms with Crippen molar-refractivity contribution < 1.29 is 15.3 Å². The molecule has 3 aromatic rings. The zero-order chi connectivity index (χ0) is 16.9. The Bertz CT molecular complexity index is 910. The number of H-pyrrole nitrogens is 1. The molecule has 0 bridgehead atoms. The number of benzene rings is 2. The lowest BCUT2D eigenvalue weighted by molar-refractivity contribution is 0.403. The lowest BCUT2D eigenvalue weighted by Gasteiger charge is -1.97. The monoisotopic (exact) mass is 320 g/mol. The molecule has 2 aromatic carbocycles. The van der Waals surface area contributed by atoms with Crippen LogP contribution in [0.15, 0.2) is 48.5 Å². The first-order valence-corrected chi connectivity index (χ1v) is 7.33. The number of phenols is 3. The van der Waals surface area contributed by atoms with E-state index < -0.39 is 0 Å². The van der Waals surface area contributed by atoms with E-state index >= 15 is 0 Å². The van der Waals surface area contributed by atoms with Crippen LogP contribution in [0.25, 0.3) is 24.3 Å². The molecule has 1 heterocycles. The van der Waals surface area contributed by atoms with Crippen molar-refractivity contribution in [2.24, 2.45) is 0 Å². The van der Waals surface area contributed by atoms with Gasteiger partial charge in [0.05, 0.1) is 11.4 Å². The maximum absolute atomic E-state index is 9.47. The summed E-state index contributed by atoms with van der Waals surface area (Å²) in [6, 6.07) is 13.4. The highest BCUT2D eigenvalue weighted by Crippen LogP contribution is 2.25. The van der Waals surface area contributed by atoms with Crippen LogP contribution in [-0.2, 0) is 0 Å². The number of hydrogen-bond acceptors (Lipinski definition) is 4. The molecule has 0 aliphatic heterocycles. The average Bonchev–Trinajstić information content (AvgIpc) is 3.02. The molecule has 0 fully saturated rings. The van der Waals surface area contributed by atoms with Crippen molar-refractivity contribution in [1.29, 1.82) is 0 Å². The topological polar surface area (TPSA) is 89.4 Å². The molecule has 24 heavy (non-hydrogen) atoms. The summed E-state index contributed by atoms with van der Waals surface area (Å²) in [5, 5.41) is 35.3. The Hall–Kier alpha value is -3.47. The van der Waals surface area contributed by atoms with Gasteiger partial charge >= 0.3 is 0 Å². The molecule has 0 saturated heterocycles. The molecule has 4 N–H and O–H groups in total. The number of hydrogen-bond donors (Lipinski definition) is 4. The average molecular weight is 320 g/mol. The standard InChI is InChI=1S/C19H16N2O3/c22-17-3-1-2-13(10-17)4-7-15-12-16(21-20-15)8-5-14-6-9-18(23)19(24)11-14/h1-12,22-24H,(H,20,21)/b7-4+,8-5+. The number of aromatic nitrogens is 2. The largest absolute Gasteiger partial charge is 0.508 e. The van der Waals surface area contributed by atoms with Gasteiger partial charge in [-0.25, -0.2) is 0 Å². The quantitative estimate of drug-likeness (QED) is 0.549. The molecule has 0 radical (unpaired) electrons. The van der Waals surface area contributed by atoms with Crippen molar-refractivity contribution >= 4 is 24.3 Å². The predicted molar refractivity (Wildman–Crippen MR) is 94.3 cm³/mol. The van der Waals surface area contributed by atoms with E-state index in [9.17, 15) is 15.3 Å². The van der Waals surface area contributed by atoms with Crippen LogP contribution >= 0.6 is 0 Å². The van der Waals surface area contributed by atoms with E-state index in [-0.39, 0.29) is 17.2 Å². The molecule has 5 heteroatoms. The molecule has 0 spiro atoms. The highest BCUT2D eigenvalue weighted by molar-refractivity contribution is 5.72. The van der Waals surface area contributed by atoms with Crippen molar-refractivity contribution in [1.82, 2.24) is 10.2 Å². The maximum Gasteiger partial charge on any atom is 0.157 e. The fraction of sp³-hybridized carbons (Fsp3) is 0. The summed E-state index contributed by atoms with van der Waals surface area (Å²) in [4.78, 5) is 0. The van der Waals surface area contributed by atoms with Gasteiger partial charge < -0.3 is 15.3 Å². The second-order valence-corrected chi connectivity index (χ2v) is 5.26. The Kier molecular flexibility index (Phi) is 4.34. The van der Waals surface area contributed by atoms with E-state index in [1.54, 1.807) is 30.3 Å². The number of phenolic OH excluding ortho intramolecular Hbond substituents is 3. The summed E-state index contributed by atoms with van der Waals surface area (Å²) in [6.07, 6.45) is 7.33. The van der Waals surface area contributed by atoms with E-state index in [0.29, 0.717) is 0 Å². The number of nitrogens with one attached hydrogen (secondary N) is 1. The number of nitrogens with zero attached hydrogens (tertiary/aromatic N) is 1. The van der Waals surface area contributed by atoms with Crippen LogP contribution in [0.1, 0.15) is 22.5 Å². The molecule has 1 aromatic heterocycles. The van der Waals surface area contributed by atoms with Crippen molar-refractivity contribution in [3.8, 4) is 17.2 Å². The third-order valence-corrected chi connectivity index (χ3v) is 3.39. The molecule has 0 aliphatic carbocycles. The third kappa shape index (κ3) is 3.84. The summed E-state index contributed by atoms with van der Waals surface area (Å²) >= 11 is 0. The smallest absolute Gasteiger partial charge is 0.157 e. The maximum atomic E-state index is 9.47. The molecule has 0 unspecified atom stereocenters. The van der Waals surface area contributed by atoms with Crippen LogP contribution in [0, 0.1) is 0 Å². The van der Waals surface area contributed by atoms with Gasteiger partial charge in [0.1, 0.15) is 5.75 Å². The molecule has 5 nitrogen and oxygen atoms in total. The van der Waals surface area contributed by atoms with Gasteiger partial charge in [0.15, 0.2) is 11.5 Å². The Morgan fingerprint density at radius 2 is 1.54 bits per heavy atom. The summed E-state index contributed by atoms with van der Waals surface area (Å²) in [5.41, 5.74) is 3.20. The normalized spacial score (nSPS) is 11.5. The highest BCUT2D eigenvalue weighted by atomic mass is 16.3. The highest BCUT2D eigenvalue weighted by Gasteiger charge is 1.99. The van der Waals surface area contributed by atoms with Crippen LogP contribution in [0.4, 0.5) is 0 Å². The lowest BCUT2D eigenvalue weighted by Crippen LogP contribution is -1.74. The van der Waals surface area contributed by atoms with Crippen LogP contribution in [0.5, 0.6) is 17.2 Å². The zero-order valence-corrected chi connectivity index (χ0v) is 12.7. The molecule has 3 rings (SSSR count). The number of rotatable bonds is 4. The summed E-state index contributed by atoms with van der Waals surface area (Å²) in [5.74, 6) is -0.0792. The minimum Gasteiger partial charge on any atom is -0.508 e. The minimum atomic E-state index is -0.156. The van der Waals surface area contributed by atoms with E-state index in [1.165, 1.54) is 12.1 Å². The predicted octanol–water partition coefficient (Wildman–Crippen LogP) is 3.87. The lowest BCUT2D eigenvalue weighted by atomic mass is 10.1. The van der Waals surface area contributed by atoms with Gasteiger partial charge in [-0.3, -0.25) is 5.10 Å². The van der Waals surface area contributed by atoms with Crippen LogP contribution < -0.4 is 0 Å². The fourth-order valence-corrected chi connectivity index (χ4v) is 2.16. The van der Waals surface area contributed by atoms with Crippen molar-refractivity contribution in [2.75, 3.05) is 0 Å². The Balaban J connectivity index is 1.71. The summed E-state index contributed by atoms with van der Waals surface area (Å²) in [6.45, 7) is 0. The number of aromatic hydroxyl groups is 3. The van der Waals surface area contributed by atoms with Gasteiger partial charge in [-0.15, -0.1) is 0 Å². The van der Waals surface area contributed by atoms with Gasteiger partial charge in [-0.05, 0) is 53.6 Å². The second-order valence-electron chi connectivity index (χ2n) is 5.26. The minimum absolute atomic E-state index is 0.145. The van der Waals surface area contributed by atoms with Crippen molar-refractivity contribution in [3.63, 3.8) is 0 Å². The Morgan fingerprint density at radius 1 is 0.750 bits per heavy atom. The Labute approximate surface area is 138 Å². The van der Waals surface area contributed by atoms with Crippen molar-refractivity contribution in [2.45, 2.75) is 0 Å². The van der Waals surface area contributed by atoms with E-state index in [0.717, 1.165) is 22.5 Å². The van der Waals surface area contributed by atoms with Crippen molar-refractivity contribution in [3.05, 3.63) is 71.0 Å². The van der Waals surface area contributed by atoms with E-state index in [2.05, 4.69) is 10.2 Å². The van der Waals surface area contributed by atoms with E-state index in [4.69, 9.17) is 0 Å². The zero-order valence-electron chi connectivity index (χ0n) is 12.7. The van der Waals surface area contributed by atoms with Crippen LogP contribution in [0.2, 0.25) is 0 Å². The summed E-state index contributed by atoms with van der Waals surface area (Å²) < 4.78 is 0. The first-order chi connectivity index (χ1) is 11.6. The van der Waals surface area contributed by atoms with E-state index in [1.807, 2.05) is 30.4 Å². The van der Waals surface area contributed by atoms with Gasteiger partial charge in [-0.1, -0.05) is 30.4 Å². The first kappa shape index (κ1) is 15.4. The third-order valence-electron chi connectivity index (χ3n) is 3.39. The summed E-state index contributed by atoms with van der Waals surface area (Å²) in [7, 11) is 0. The molecular weight excluding hydrogens is 304 g/mol. The SMILES string of the molecule is Oc1cccc(/C=C/c2cc(/C=C/c3ccc(O)c(O)c3)[nH]n2)c1. The van der Waals surface area contributed by atoms with Gasteiger partial charge in [0.2, 0.25) is 0 Å². The van der Waals surface area contributed by atoms with Gasteiger partial charge in [0, 0.05) is 0 Å². The van der Waals surface area contributed by atoms with Gasteiger partial charge in [0.25, 0.3) is 0 Å². The first-order valence-electron chi connectivity index (χ1n) is 7.33. The number of aromatic amines is 1. The molecule has 0 amide bonds. The fourth-order valence-electron chi connectivity index (χ4n) is 2.16. The molecule has 0 aliphatic rings.